The highest BCUT2D eigenvalue weighted by Gasteiger charge is 2.48. The number of benzene rings is 1. The Hall–Kier alpha value is -3.57. The predicted molar refractivity (Wildman–Crippen MR) is 122 cm³/mol. The van der Waals surface area contributed by atoms with Gasteiger partial charge in [0, 0.05) is 44.1 Å². The molecule has 1 N–H and O–H groups in total. The first-order valence-electron chi connectivity index (χ1n) is 11.2. The molecule has 0 amide bonds. The van der Waals surface area contributed by atoms with Gasteiger partial charge in [-0.15, -0.1) is 0 Å². The standard InChI is InChI=1S/C23H26F3N5O4/c1-14-18(13-20(32)33)31(29-21(14)23(24,25)26)15-3-5-16(6-4-15)35-17-8-11-30(12-9-17)22-27-10-7-19(28-22)34-2/h3-7,10,14,17-18H,8-9,11-13H2,1-2H3,(H,32,33)/t14-,18-/m0/s1. The van der Waals surface area contributed by atoms with E-state index in [0.29, 0.717) is 36.4 Å². The van der Waals surface area contributed by atoms with Crippen LogP contribution in [0.5, 0.6) is 11.6 Å². The summed E-state index contributed by atoms with van der Waals surface area (Å²) in [5.41, 5.74) is -0.601. The maximum atomic E-state index is 13.4. The summed E-state index contributed by atoms with van der Waals surface area (Å²) in [6.07, 6.45) is -1.99. The van der Waals surface area contributed by atoms with E-state index in [2.05, 4.69) is 20.0 Å². The fourth-order valence-corrected chi connectivity index (χ4v) is 4.32. The number of ether oxygens (including phenoxy) is 2. The molecule has 0 aliphatic carbocycles. The number of carbonyl (C=O) groups is 1. The van der Waals surface area contributed by atoms with E-state index in [1.807, 2.05) is 0 Å². The molecule has 9 nitrogen and oxygen atoms in total. The van der Waals surface area contributed by atoms with Crippen LogP contribution in [0.3, 0.4) is 0 Å². The van der Waals surface area contributed by atoms with E-state index in [0.717, 1.165) is 17.9 Å². The summed E-state index contributed by atoms with van der Waals surface area (Å²) in [4.78, 5) is 22.0. The van der Waals surface area contributed by atoms with Crippen molar-refractivity contribution in [3.8, 4) is 11.6 Å². The molecule has 1 saturated heterocycles. The van der Waals surface area contributed by atoms with Crippen molar-refractivity contribution < 1.29 is 32.5 Å². The van der Waals surface area contributed by atoms with Crippen LogP contribution in [-0.2, 0) is 4.79 Å². The van der Waals surface area contributed by atoms with Crippen molar-refractivity contribution >= 4 is 23.3 Å². The number of carboxylic acids is 1. The largest absolute Gasteiger partial charge is 0.490 e. The highest BCUT2D eigenvalue weighted by Crippen LogP contribution is 2.37. The summed E-state index contributed by atoms with van der Waals surface area (Å²) in [7, 11) is 1.55. The zero-order chi connectivity index (χ0) is 25.2. The number of hydrazone groups is 1. The summed E-state index contributed by atoms with van der Waals surface area (Å²) >= 11 is 0. The van der Waals surface area contributed by atoms with Crippen LogP contribution in [0.15, 0.2) is 41.6 Å². The van der Waals surface area contributed by atoms with Crippen molar-refractivity contribution in [1.82, 2.24) is 9.97 Å². The first-order valence-corrected chi connectivity index (χ1v) is 11.2. The molecule has 4 rings (SSSR count). The SMILES string of the molecule is COc1ccnc(N2CCC(Oc3ccc(N4N=C(C(F)(F)F)[C@@H](C)[C@@H]4CC(=O)O)cc3)CC2)n1. The van der Waals surface area contributed by atoms with Gasteiger partial charge in [-0.25, -0.2) is 4.98 Å². The van der Waals surface area contributed by atoms with Gasteiger partial charge in [-0.2, -0.15) is 23.3 Å². The third-order valence-electron chi connectivity index (χ3n) is 6.17. The second kappa shape index (κ2) is 9.96. The molecule has 188 valence electrons. The number of piperidine rings is 1. The Morgan fingerprint density at radius 1 is 1.17 bits per heavy atom. The lowest BCUT2D eigenvalue weighted by atomic mass is 9.94. The first kappa shape index (κ1) is 24.6. The van der Waals surface area contributed by atoms with Crippen LogP contribution in [0.2, 0.25) is 0 Å². The maximum Gasteiger partial charge on any atom is 0.431 e. The third-order valence-corrected chi connectivity index (χ3v) is 6.17. The Morgan fingerprint density at radius 2 is 1.86 bits per heavy atom. The highest BCUT2D eigenvalue weighted by atomic mass is 19.4. The van der Waals surface area contributed by atoms with Gasteiger partial charge in [-0.1, -0.05) is 6.92 Å². The van der Waals surface area contributed by atoms with Gasteiger partial charge >= 0.3 is 12.1 Å². The summed E-state index contributed by atoms with van der Waals surface area (Å²) in [5, 5.41) is 14.1. The molecule has 1 aromatic heterocycles. The lowest BCUT2D eigenvalue weighted by Crippen LogP contribution is -2.39. The summed E-state index contributed by atoms with van der Waals surface area (Å²) in [6.45, 7) is 2.75. The Morgan fingerprint density at radius 3 is 2.46 bits per heavy atom. The van der Waals surface area contributed by atoms with Crippen molar-refractivity contribution in [3.05, 3.63) is 36.5 Å². The van der Waals surface area contributed by atoms with Crippen LogP contribution in [0.4, 0.5) is 24.8 Å². The van der Waals surface area contributed by atoms with Gasteiger partial charge in [-0.05, 0) is 24.3 Å². The van der Waals surface area contributed by atoms with Crippen molar-refractivity contribution in [3.63, 3.8) is 0 Å². The molecule has 2 aliphatic rings. The van der Waals surface area contributed by atoms with E-state index in [9.17, 15) is 23.1 Å². The van der Waals surface area contributed by atoms with Crippen LogP contribution in [0.25, 0.3) is 0 Å². The Balaban J connectivity index is 1.40. The minimum absolute atomic E-state index is 0.0378. The Bertz CT molecular complexity index is 1070. The average molecular weight is 493 g/mol. The summed E-state index contributed by atoms with van der Waals surface area (Å²) in [5.74, 6) is -0.580. The minimum Gasteiger partial charge on any atom is -0.490 e. The lowest BCUT2D eigenvalue weighted by Gasteiger charge is -2.32. The van der Waals surface area contributed by atoms with E-state index < -0.39 is 36.2 Å². The van der Waals surface area contributed by atoms with E-state index in [1.54, 1.807) is 43.6 Å². The van der Waals surface area contributed by atoms with Crippen LogP contribution in [-0.4, -0.2) is 65.3 Å². The molecule has 35 heavy (non-hydrogen) atoms. The molecule has 0 saturated carbocycles. The number of nitrogens with zero attached hydrogens (tertiary/aromatic N) is 5. The Labute approximate surface area is 200 Å². The molecule has 3 heterocycles. The van der Waals surface area contributed by atoms with Gasteiger partial charge < -0.3 is 19.5 Å². The van der Waals surface area contributed by atoms with Crippen LogP contribution in [0.1, 0.15) is 26.2 Å². The molecule has 0 radical (unpaired) electrons. The number of anilines is 2. The molecule has 12 heteroatoms. The molecule has 2 aromatic rings. The van der Waals surface area contributed by atoms with E-state index in [1.165, 1.54) is 6.92 Å². The molecule has 1 aromatic carbocycles. The van der Waals surface area contributed by atoms with Crippen LogP contribution >= 0.6 is 0 Å². The molecule has 2 atom stereocenters. The van der Waals surface area contributed by atoms with Crippen molar-refractivity contribution in [2.24, 2.45) is 11.0 Å². The van der Waals surface area contributed by atoms with Gasteiger partial charge in [-0.3, -0.25) is 9.80 Å². The van der Waals surface area contributed by atoms with E-state index in [4.69, 9.17) is 9.47 Å². The number of rotatable bonds is 7. The van der Waals surface area contributed by atoms with Crippen LogP contribution < -0.4 is 19.4 Å². The average Bonchev–Trinajstić information content (AvgIpc) is 3.16. The first-order chi connectivity index (χ1) is 16.7. The van der Waals surface area contributed by atoms with Gasteiger partial charge in [0.05, 0.1) is 25.3 Å². The minimum atomic E-state index is -4.63. The zero-order valence-corrected chi connectivity index (χ0v) is 19.3. The second-order valence-corrected chi connectivity index (χ2v) is 8.48. The summed E-state index contributed by atoms with van der Waals surface area (Å²) < 4.78 is 51.3. The number of methoxy groups -OCH3 is 1. The van der Waals surface area contributed by atoms with Gasteiger partial charge in [0.25, 0.3) is 0 Å². The lowest BCUT2D eigenvalue weighted by molar-refractivity contribution is -0.137. The second-order valence-electron chi connectivity index (χ2n) is 8.48. The number of hydrogen-bond donors (Lipinski definition) is 1. The van der Waals surface area contributed by atoms with Gasteiger partial charge in [0.2, 0.25) is 11.8 Å². The van der Waals surface area contributed by atoms with Crippen LogP contribution in [0, 0.1) is 5.92 Å². The van der Waals surface area contributed by atoms with Gasteiger partial charge in [0.1, 0.15) is 17.6 Å². The molecule has 0 bridgehead atoms. The van der Waals surface area contributed by atoms with E-state index in [-0.39, 0.29) is 6.10 Å². The number of aromatic nitrogens is 2. The summed E-state index contributed by atoms with van der Waals surface area (Å²) in [6, 6.07) is 7.27. The number of halogens is 3. The molecular formula is C23H26F3N5O4. The number of carboxylic acid groups (broad SMARTS) is 1. The molecular weight excluding hydrogens is 467 g/mol. The monoisotopic (exact) mass is 493 g/mol. The van der Waals surface area contributed by atoms with Crippen molar-refractivity contribution in [2.75, 3.05) is 30.1 Å². The zero-order valence-electron chi connectivity index (χ0n) is 19.3. The highest BCUT2D eigenvalue weighted by molar-refractivity contribution is 5.95. The Kier molecular flexibility index (Phi) is 6.99. The van der Waals surface area contributed by atoms with E-state index >= 15 is 0 Å². The molecule has 2 aliphatic heterocycles. The molecule has 0 spiro atoms. The normalized spacial score (nSPS) is 21.1. The predicted octanol–water partition coefficient (Wildman–Crippen LogP) is 3.75. The fraction of sp³-hybridized carbons (Fsp3) is 0.478. The molecule has 0 unspecified atom stereocenters. The number of hydrogen-bond acceptors (Lipinski definition) is 8. The van der Waals surface area contributed by atoms with Crippen molar-refractivity contribution in [2.45, 2.75) is 44.5 Å². The van der Waals surface area contributed by atoms with Crippen molar-refractivity contribution in [1.29, 1.82) is 0 Å². The van der Waals surface area contributed by atoms with Gasteiger partial charge in [0.15, 0.2) is 0 Å². The smallest absolute Gasteiger partial charge is 0.431 e. The maximum absolute atomic E-state index is 13.4. The molecule has 1 fully saturated rings. The third kappa shape index (κ3) is 5.57. The fourth-order valence-electron chi connectivity index (χ4n) is 4.32. The number of aliphatic carboxylic acids is 1. The quantitative estimate of drug-likeness (QED) is 0.623. The number of alkyl halides is 3. The topological polar surface area (TPSA) is 100 Å².